The average molecular weight is 382 g/mol. The van der Waals surface area contributed by atoms with E-state index in [1.807, 2.05) is 0 Å². The van der Waals surface area contributed by atoms with Crippen LogP contribution in [0.1, 0.15) is 20.8 Å². The fraction of sp³-hybridized carbons (Fsp3) is 0.417. The minimum absolute atomic E-state index is 0.0313. The molecule has 1 aromatic rings. The molecule has 0 aliphatic heterocycles. The number of carbonyl (C=O) groups excluding carboxylic acids is 1. The maximum atomic E-state index is 13.2. The van der Waals surface area contributed by atoms with Crippen LogP contribution in [0.15, 0.2) is 21.5 Å². The Labute approximate surface area is 131 Å². The molecule has 0 atom stereocenters. The van der Waals surface area contributed by atoms with Gasteiger partial charge >= 0.3 is 0 Å². The van der Waals surface area contributed by atoms with E-state index in [1.54, 1.807) is 20.8 Å². The first-order valence-corrected chi connectivity index (χ1v) is 8.25. The zero-order chi connectivity index (χ0) is 16.4. The molecule has 0 bridgehead atoms. The number of halogens is 2. The molecule has 4 N–H and O–H groups in total. The second-order valence-corrected chi connectivity index (χ2v) is 8.02. The first kappa shape index (κ1) is 17.9. The van der Waals surface area contributed by atoms with E-state index in [1.165, 1.54) is 0 Å². The molecule has 0 saturated heterocycles. The predicted octanol–water partition coefficient (Wildman–Crippen LogP) is 1.36. The van der Waals surface area contributed by atoms with Gasteiger partial charge in [0.15, 0.2) is 0 Å². The Kier molecular flexibility index (Phi) is 5.35. The van der Waals surface area contributed by atoms with E-state index in [0.717, 1.165) is 12.1 Å². The van der Waals surface area contributed by atoms with Crippen LogP contribution in [0.5, 0.6) is 0 Å². The fourth-order valence-electron chi connectivity index (χ4n) is 1.48. The number of anilines is 1. The van der Waals surface area contributed by atoms with Crippen LogP contribution < -0.4 is 15.8 Å². The molecule has 0 unspecified atom stereocenters. The highest BCUT2D eigenvalue weighted by atomic mass is 79.9. The van der Waals surface area contributed by atoms with Crippen molar-refractivity contribution >= 4 is 37.5 Å². The summed E-state index contributed by atoms with van der Waals surface area (Å²) in [5.74, 6) is -1.15. The lowest BCUT2D eigenvalue weighted by Gasteiger charge is -2.20. The van der Waals surface area contributed by atoms with E-state index < -0.39 is 33.8 Å². The van der Waals surface area contributed by atoms with E-state index in [0.29, 0.717) is 0 Å². The number of hydrogen-bond donors (Lipinski definition) is 3. The summed E-state index contributed by atoms with van der Waals surface area (Å²) in [6, 6.07) is 1.95. The standard InChI is InChI=1S/C12H17BrFN3O3S/c1-12(2,3)17-11(18)6-16-21(19,20)10-4-7(13)8(14)5-9(10)15/h4-5,16H,6,15H2,1-3H3,(H,17,18). The van der Waals surface area contributed by atoms with Gasteiger partial charge in [-0.15, -0.1) is 0 Å². The van der Waals surface area contributed by atoms with Crippen LogP contribution in [-0.2, 0) is 14.8 Å². The molecule has 0 aromatic heterocycles. The van der Waals surface area contributed by atoms with Gasteiger partial charge in [-0.1, -0.05) is 0 Å². The van der Waals surface area contributed by atoms with Gasteiger partial charge in [0.05, 0.1) is 16.7 Å². The fourth-order valence-corrected chi connectivity index (χ4v) is 3.09. The highest BCUT2D eigenvalue weighted by Gasteiger charge is 2.21. The summed E-state index contributed by atoms with van der Waals surface area (Å²) in [6.45, 7) is 4.88. The molecule has 9 heteroatoms. The zero-order valence-electron chi connectivity index (χ0n) is 11.8. The molecule has 1 amide bonds. The number of amides is 1. The quantitative estimate of drug-likeness (QED) is 0.685. The third-order valence-electron chi connectivity index (χ3n) is 2.28. The van der Waals surface area contributed by atoms with Gasteiger partial charge in [-0.05, 0) is 48.8 Å². The summed E-state index contributed by atoms with van der Waals surface area (Å²) in [5, 5.41) is 2.61. The normalized spacial score (nSPS) is 12.2. The van der Waals surface area contributed by atoms with E-state index in [9.17, 15) is 17.6 Å². The predicted molar refractivity (Wildman–Crippen MR) is 81.6 cm³/mol. The molecule has 0 spiro atoms. The summed E-state index contributed by atoms with van der Waals surface area (Å²) in [7, 11) is -4.01. The summed E-state index contributed by atoms with van der Waals surface area (Å²) in [5.41, 5.74) is 4.80. The first-order chi connectivity index (χ1) is 9.42. The maximum Gasteiger partial charge on any atom is 0.243 e. The van der Waals surface area contributed by atoms with Gasteiger partial charge in [0, 0.05) is 5.54 Å². The van der Waals surface area contributed by atoms with Gasteiger partial charge in [0.25, 0.3) is 0 Å². The van der Waals surface area contributed by atoms with Crippen molar-refractivity contribution in [2.45, 2.75) is 31.2 Å². The maximum absolute atomic E-state index is 13.2. The molecule has 118 valence electrons. The van der Waals surface area contributed by atoms with Crippen molar-refractivity contribution in [1.29, 1.82) is 0 Å². The minimum Gasteiger partial charge on any atom is -0.398 e. The number of rotatable bonds is 4. The smallest absolute Gasteiger partial charge is 0.243 e. The lowest BCUT2D eigenvalue weighted by molar-refractivity contribution is -0.121. The van der Waals surface area contributed by atoms with E-state index in [2.05, 4.69) is 26.0 Å². The largest absolute Gasteiger partial charge is 0.398 e. The van der Waals surface area contributed by atoms with Crippen molar-refractivity contribution in [2.24, 2.45) is 0 Å². The van der Waals surface area contributed by atoms with E-state index in [-0.39, 0.29) is 15.1 Å². The SMILES string of the molecule is CC(C)(C)NC(=O)CNS(=O)(=O)c1cc(Br)c(F)cc1N. The lowest BCUT2D eigenvalue weighted by atomic mass is 10.1. The van der Waals surface area contributed by atoms with Crippen LogP contribution in [0.4, 0.5) is 10.1 Å². The third-order valence-corrected chi connectivity index (χ3v) is 4.34. The Balaban J connectivity index is 2.88. The first-order valence-electron chi connectivity index (χ1n) is 5.97. The number of carbonyl (C=O) groups is 1. The number of benzene rings is 1. The van der Waals surface area contributed by atoms with Crippen LogP contribution in [-0.4, -0.2) is 26.4 Å². The highest BCUT2D eigenvalue weighted by molar-refractivity contribution is 9.10. The molecule has 0 aliphatic rings. The van der Waals surface area contributed by atoms with E-state index in [4.69, 9.17) is 5.73 Å². The Bertz CT molecular complexity index is 656. The number of sulfonamides is 1. The third kappa shape index (κ3) is 5.25. The van der Waals surface area contributed by atoms with Crippen LogP contribution in [0.25, 0.3) is 0 Å². The van der Waals surface area contributed by atoms with Crippen molar-refractivity contribution in [3.05, 3.63) is 22.4 Å². The topological polar surface area (TPSA) is 101 Å². The summed E-state index contributed by atoms with van der Waals surface area (Å²) < 4.78 is 39.5. The highest BCUT2D eigenvalue weighted by Crippen LogP contribution is 2.25. The Morgan fingerprint density at radius 2 is 1.95 bits per heavy atom. The van der Waals surface area contributed by atoms with Crippen molar-refractivity contribution in [2.75, 3.05) is 12.3 Å². The lowest BCUT2D eigenvalue weighted by Crippen LogP contribution is -2.45. The van der Waals surface area contributed by atoms with Gasteiger partial charge < -0.3 is 11.1 Å². The Hall–Kier alpha value is -1.19. The molecule has 0 radical (unpaired) electrons. The summed E-state index contributed by atoms with van der Waals surface area (Å²) >= 11 is 2.89. The number of nitrogens with one attached hydrogen (secondary N) is 2. The van der Waals surface area contributed by atoms with Gasteiger partial charge in [-0.3, -0.25) is 4.79 Å². The molecule has 6 nitrogen and oxygen atoms in total. The van der Waals surface area contributed by atoms with E-state index >= 15 is 0 Å². The Morgan fingerprint density at radius 3 is 2.48 bits per heavy atom. The summed E-state index contributed by atoms with van der Waals surface area (Å²) in [6.07, 6.45) is 0. The number of nitrogens with two attached hydrogens (primary N) is 1. The van der Waals surface area contributed by atoms with Crippen molar-refractivity contribution < 1.29 is 17.6 Å². The van der Waals surface area contributed by atoms with Crippen LogP contribution in [0.3, 0.4) is 0 Å². The molecule has 1 aromatic carbocycles. The van der Waals surface area contributed by atoms with Crippen LogP contribution in [0, 0.1) is 5.82 Å². The Morgan fingerprint density at radius 1 is 1.38 bits per heavy atom. The molecule has 1 rings (SSSR count). The molecule has 0 fully saturated rings. The van der Waals surface area contributed by atoms with Crippen molar-refractivity contribution in [3.8, 4) is 0 Å². The van der Waals surface area contributed by atoms with Gasteiger partial charge in [-0.25, -0.2) is 17.5 Å². The summed E-state index contributed by atoms with van der Waals surface area (Å²) in [4.78, 5) is 11.3. The monoisotopic (exact) mass is 381 g/mol. The zero-order valence-corrected chi connectivity index (χ0v) is 14.2. The molecular formula is C12H17BrFN3O3S. The van der Waals surface area contributed by atoms with Crippen molar-refractivity contribution in [1.82, 2.24) is 10.0 Å². The minimum atomic E-state index is -4.01. The molecule has 0 saturated carbocycles. The average Bonchev–Trinajstić information content (AvgIpc) is 2.29. The van der Waals surface area contributed by atoms with Gasteiger partial charge in [0.2, 0.25) is 15.9 Å². The van der Waals surface area contributed by atoms with Crippen LogP contribution >= 0.6 is 15.9 Å². The van der Waals surface area contributed by atoms with Gasteiger partial charge in [0.1, 0.15) is 10.7 Å². The molecule has 21 heavy (non-hydrogen) atoms. The van der Waals surface area contributed by atoms with Gasteiger partial charge in [-0.2, -0.15) is 0 Å². The van der Waals surface area contributed by atoms with Crippen LogP contribution in [0.2, 0.25) is 0 Å². The number of hydrogen-bond acceptors (Lipinski definition) is 4. The molecular weight excluding hydrogens is 365 g/mol. The second kappa shape index (κ2) is 6.29. The molecule has 0 aliphatic carbocycles. The number of nitrogen functional groups attached to an aromatic ring is 1. The second-order valence-electron chi connectivity index (χ2n) is 5.43. The van der Waals surface area contributed by atoms with Crippen molar-refractivity contribution in [3.63, 3.8) is 0 Å². The molecule has 0 heterocycles.